The Kier molecular flexibility index (Phi) is 6.69. The number of carbonyl (C=O) groups excluding carboxylic acids is 3. The lowest BCUT2D eigenvalue weighted by molar-refractivity contribution is -0.127. The molecule has 4 aromatic rings. The van der Waals surface area contributed by atoms with E-state index in [-0.39, 0.29) is 17.9 Å². The van der Waals surface area contributed by atoms with Crippen molar-refractivity contribution in [1.82, 2.24) is 15.2 Å². The molecule has 2 aromatic heterocycles. The Hall–Kier alpha value is -4.38. The Bertz CT molecular complexity index is 1720. The largest absolute Gasteiger partial charge is 0.398 e. The van der Waals surface area contributed by atoms with Crippen molar-refractivity contribution in [1.29, 1.82) is 0 Å². The van der Waals surface area contributed by atoms with Crippen molar-refractivity contribution in [3.05, 3.63) is 95.0 Å². The molecule has 2 aliphatic rings. The number of amides is 2. The summed E-state index contributed by atoms with van der Waals surface area (Å²) in [5, 5.41) is 3.67. The van der Waals surface area contributed by atoms with Gasteiger partial charge in [0.1, 0.15) is 5.54 Å². The lowest BCUT2D eigenvalue weighted by Crippen LogP contribution is -2.53. The molecule has 1 fully saturated rings. The zero-order valence-electron chi connectivity index (χ0n) is 22.3. The number of carbonyl (C=O) groups is 3. The van der Waals surface area contributed by atoms with Gasteiger partial charge in [0.05, 0.1) is 27.0 Å². The molecule has 6 rings (SSSR count). The third-order valence-electron chi connectivity index (χ3n) is 7.99. The van der Waals surface area contributed by atoms with Gasteiger partial charge in [-0.2, -0.15) is 0 Å². The molecular formula is C31H30N6O3S. The summed E-state index contributed by atoms with van der Waals surface area (Å²) in [6.07, 6.45) is 2.75. The molecule has 1 saturated heterocycles. The molecule has 2 aromatic carbocycles. The first kappa shape index (κ1) is 26.8. The van der Waals surface area contributed by atoms with Crippen LogP contribution in [0.4, 0.5) is 5.69 Å². The van der Waals surface area contributed by atoms with Crippen LogP contribution in [0.1, 0.15) is 45.4 Å². The highest BCUT2D eigenvalue weighted by Crippen LogP contribution is 2.49. The van der Waals surface area contributed by atoms with Crippen LogP contribution < -0.4 is 22.5 Å². The summed E-state index contributed by atoms with van der Waals surface area (Å²) in [5.74, 6) is -0.988. The predicted molar refractivity (Wildman–Crippen MR) is 160 cm³/mol. The first-order chi connectivity index (χ1) is 19.7. The summed E-state index contributed by atoms with van der Waals surface area (Å²) in [6, 6.07) is 17.0. The zero-order chi connectivity index (χ0) is 28.9. The van der Waals surface area contributed by atoms with E-state index in [2.05, 4.69) is 11.9 Å². The molecule has 1 aliphatic carbocycles. The van der Waals surface area contributed by atoms with Crippen molar-refractivity contribution >= 4 is 44.7 Å². The van der Waals surface area contributed by atoms with Gasteiger partial charge in [0, 0.05) is 41.3 Å². The van der Waals surface area contributed by atoms with Gasteiger partial charge in [-0.1, -0.05) is 49.0 Å². The third-order valence-corrected chi connectivity index (χ3v) is 9.24. The number of hydrogen-bond acceptors (Lipinski definition) is 8. The van der Waals surface area contributed by atoms with Crippen LogP contribution in [0.5, 0.6) is 0 Å². The maximum atomic E-state index is 14.1. The number of ketones is 1. The molecule has 1 aliphatic heterocycles. The molecule has 208 valence electrons. The van der Waals surface area contributed by atoms with Gasteiger partial charge in [0.15, 0.2) is 5.78 Å². The number of nitrogen functional groups attached to an aromatic ring is 1. The average Bonchev–Trinajstić information content (AvgIpc) is 3.42. The normalized spacial score (nSPS) is 22.0. The minimum atomic E-state index is -1.65. The highest BCUT2D eigenvalue weighted by atomic mass is 32.1. The van der Waals surface area contributed by atoms with Gasteiger partial charge in [-0.15, -0.1) is 11.3 Å². The van der Waals surface area contributed by atoms with Gasteiger partial charge in [-0.25, -0.2) is 0 Å². The van der Waals surface area contributed by atoms with Crippen molar-refractivity contribution < 1.29 is 14.4 Å². The summed E-state index contributed by atoms with van der Waals surface area (Å²) in [4.78, 5) is 46.7. The van der Waals surface area contributed by atoms with Gasteiger partial charge >= 0.3 is 0 Å². The molecule has 2 amide bonds. The molecule has 0 spiro atoms. The summed E-state index contributed by atoms with van der Waals surface area (Å²) in [7, 11) is 0. The molecule has 3 unspecified atom stereocenters. The molecule has 3 atom stereocenters. The van der Waals surface area contributed by atoms with E-state index in [1.807, 2.05) is 42.5 Å². The molecule has 0 bridgehead atoms. The average molecular weight is 567 g/mol. The van der Waals surface area contributed by atoms with E-state index >= 15 is 0 Å². The molecule has 7 N–H and O–H groups in total. The van der Waals surface area contributed by atoms with E-state index in [1.165, 1.54) is 17.4 Å². The SMILES string of the molecule is C=CC(=O)N1CCCC(NC(=O)c2sc3c(N)ccc4c3c2C(N)C(=O)C4(N)c2cccc(-c3ccccc3)n2)C1. The van der Waals surface area contributed by atoms with Crippen LogP contribution in [0.25, 0.3) is 21.3 Å². The Balaban J connectivity index is 1.43. The number of piperidine rings is 1. The number of thiophene rings is 1. The standard InChI is InChI=1S/C31H30N6O3S/c1-2-23(38)37-15-7-10-18(16-37)35-30(40)28-25-24-19(13-14-20(32)27(24)41-28)31(34,29(39)26(25)33)22-12-6-11-21(36-22)17-8-4-3-5-9-17/h2-6,8-9,11-14,18,26H,1,7,10,15-16,32-34H2,(H,35,40). The number of benzene rings is 2. The van der Waals surface area contributed by atoms with E-state index in [4.69, 9.17) is 22.2 Å². The van der Waals surface area contributed by atoms with Crippen LogP contribution in [-0.2, 0) is 15.1 Å². The van der Waals surface area contributed by atoms with Gasteiger partial charge in [-0.3, -0.25) is 19.4 Å². The number of Topliss-reactive ketones (excluding diaryl/α,β-unsaturated/α-hetero) is 1. The minimum Gasteiger partial charge on any atom is -0.398 e. The maximum absolute atomic E-state index is 14.1. The predicted octanol–water partition coefficient (Wildman–Crippen LogP) is 3.24. The zero-order valence-corrected chi connectivity index (χ0v) is 23.1. The quantitative estimate of drug-likeness (QED) is 0.213. The fourth-order valence-electron chi connectivity index (χ4n) is 5.91. The van der Waals surface area contributed by atoms with E-state index in [9.17, 15) is 14.4 Å². The Morgan fingerprint density at radius 3 is 2.66 bits per heavy atom. The number of pyridine rings is 1. The number of rotatable bonds is 5. The summed E-state index contributed by atoms with van der Waals surface area (Å²) in [6.45, 7) is 4.55. The first-order valence-corrected chi connectivity index (χ1v) is 14.2. The highest BCUT2D eigenvalue weighted by molar-refractivity contribution is 7.21. The molecule has 9 nitrogen and oxygen atoms in total. The number of likely N-dealkylation sites (tertiary alicyclic amines) is 1. The fourth-order valence-corrected chi connectivity index (χ4v) is 7.12. The molecule has 0 saturated carbocycles. The second kappa shape index (κ2) is 10.2. The topological polar surface area (TPSA) is 157 Å². The van der Waals surface area contributed by atoms with Crippen LogP contribution in [0.2, 0.25) is 0 Å². The number of aromatic nitrogens is 1. The first-order valence-electron chi connectivity index (χ1n) is 13.4. The minimum absolute atomic E-state index is 0.171. The molecule has 10 heteroatoms. The van der Waals surface area contributed by atoms with Crippen molar-refractivity contribution in [2.75, 3.05) is 18.8 Å². The Morgan fingerprint density at radius 2 is 1.90 bits per heavy atom. The molecule has 3 heterocycles. The fraction of sp³-hybridized carbons (Fsp3) is 0.226. The Labute approximate surface area is 241 Å². The number of hydrogen-bond donors (Lipinski definition) is 4. The van der Waals surface area contributed by atoms with Gasteiger partial charge in [0.25, 0.3) is 5.91 Å². The Morgan fingerprint density at radius 1 is 1.12 bits per heavy atom. The third kappa shape index (κ3) is 4.31. The van der Waals surface area contributed by atoms with Crippen LogP contribution >= 0.6 is 11.3 Å². The van der Waals surface area contributed by atoms with Crippen molar-refractivity contribution in [2.45, 2.75) is 30.5 Å². The van der Waals surface area contributed by atoms with Crippen LogP contribution in [0.3, 0.4) is 0 Å². The number of nitrogens with zero attached hydrogens (tertiary/aromatic N) is 2. The van der Waals surface area contributed by atoms with Gasteiger partial charge in [-0.05, 0) is 42.7 Å². The van der Waals surface area contributed by atoms with E-state index in [0.29, 0.717) is 56.3 Å². The van der Waals surface area contributed by atoms with Crippen LogP contribution in [0.15, 0.2) is 73.3 Å². The van der Waals surface area contributed by atoms with E-state index < -0.39 is 17.4 Å². The van der Waals surface area contributed by atoms with E-state index in [1.54, 1.807) is 23.1 Å². The summed E-state index contributed by atoms with van der Waals surface area (Å²) in [5.41, 5.74) is 21.7. The second-order valence-corrected chi connectivity index (χ2v) is 11.5. The second-order valence-electron chi connectivity index (χ2n) is 10.5. The molecular weight excluding hydrogens is 536 g/mol. The number of anilines is 1. The maximum Gasteiger partial charge on any atom is 0.262 e. The monoisotopic (exact) mass is 566 g/mol. The van der Waals surface area contributed by atoms with Gasteiger partial charge < -0.3 is 27.4 Å². The van der Waals surface area contributed by atoms with Gasteiger partial charge in [0.2, 0.25) is 5.91 Å². The molecule has 41 heavy (non-hydrogen) atoms. The summed E-state index contributed by atoms with van der Waals surface area (Å²) >= 11 is 1.20. The van der Waals surface area contributed by atoms with E-state index in [0.717, 1.165) is 18.4 Å². The number of nitrogens with one attached hydrogen (secondary N) is 1. The number of nitrogens with two attached hydrogens (primary N) is 3. The molecule has 0 radical (unpaired) electrons. The lowest BCUT2D eigenvalue weighted by atomic mass is 9.72. The van der Waals surface area contributed by atoms with Crippen LogP contribution in [-0.4, -0.2) is 46.6 Å². The van der Waals surface area contributed by atoms with Crippen molar-refractivity contribution in [2.24, 2.45) is 11.5 Å². The smallest absolute Gasteiger partial charge is 0.262 e. The van der Waals surface area contributed by atoms with Crippen molar-refractivity contribution in [3.8, 4) is 11.3 Å². The highest BCUT2D eigenvalue weighted by Gasteiger charge is 2.49. The van der Waals surface area contributed by atoms with Crippen LogP contribution in [0, 0.1) is 0 Å². The summed E-state index contributed by atoms with van der Waals surface area (Å²) < 4.78 is 0.645. The van der Waals surface area contributed by atoms with Crippen molar-refractivity contribution in [3.63, 3.8) is 0 Å². The lowest BCUT2D eigenvalue weighted by Gasteiger charge is -2.36.